The molecule has 0 bridgehead atoms. The van der Waals surface area contributed by atoms with E-state index in [1.165, 1.54) is 36.8 Å². The summed E-state index contributed by atoms with van der Waals surface area (Å²) >= 11 is 18.1. The van der Waals surface area contributed by atoms with Crippen LogP contribution >= 0.6 is 34.8 Å². The summed E-state index contributed by atoms with van der Waals surface area (Å²) in [7, 11) is 0. The first-order valence-corrected chi connectivity index (χ1v) is 15.2. The van der Waals surface area contributed by atoms with Gasteiger partial charge in [0.25, 0.3) is 5.91 Å². The SMILES string of the molecule is O=C(/N=C(/Nc1cc(F)cc(Cl)c1)NC1(C2CCCCCCC2)CC(c2ccc(Cl)cc2)NN1)c1ccc(Cl)c(F)c1. The van der Waals surface area contributed by atoms with Crippen molar-refractivity contribution in [3.05, 3.63) is 98.5 Å². The number of guanidine groups is 1. The molecule has 5 rings (SSSR count). The van der Waals surface area contributed by atoms with E-state index in [1.54, 1.807) is 0 Å². The summed E-state index contributed by atoms with van der Waals surface area (Å²) in [5.74, 6) is -1.72. The lowest BCUT2D eigenvalue weighted by atomic mass is 9.79. The molecule has 2 aliphatic rings. The van der Waals surface area contributed by atoms with Crippen LogP contribution in [0.15, 0.2) is 65.7 Å². The van der Waals surface area contributed by atoms with Crippen LogP contribution in [0.25, 0.3) is 0 Å². The fourth-order valence-corrected chi connectivity index (χ4v) is 6.26. The van der Waals surface area contributed by atoms with Gasteiger partial charge in [-0.1, -0.05) is 79.0 Å². The van der Waals surface area contributed by atoms with Gasteiger partial charge in [0.05, 0.1) is 5.02 Å². The Labute approximate surface area is 259 Å². The lowest BCUT2D eigenvalue weighted by Gasteiger charge is -2.40. The third-order valence-corrected chi connectivity index (χ3v) is 8.69. The number of hydrogen-bond acceptors (Lipinski definition) is 3. The van der Waals surface area contributed by atoms with Crippen LogP contribution in [0.3, 0.4) is 0 Å². The number of nitrogens with one attached hydrogen (secondary N) is 4. The molecule has 2 fully saturated rings. The smallest absolute Gasteiger partial charge is 0.280 e. The van der Waals surface area contributed by atoms with Crippen molar-refractivity contribution in [3.63, 3.8) is 0 Å². The highest BCUT2D eigenvalue weighted by atomic mass is 35.5. The Kier molecular flexibility index (Phi) is 10.0. The first-order valence-electron chi connectivity index (χ1n) is 14.1. The molecular weight excluding hydrogens is 603 g/mol. The number of benzene rings is 3. The Morgan fingerprint density at radius 3 is 2.29 bits per heavy atom. The van der Waals surface area contributed by atoms with Gasteiger partial charge >= 0.3 is 0 Å². The summed E-state index contributed by atoms with van der Waals surface area (Å²) < 4.78 is 28.5. The standard InChI is InChI=1S/C31H32Cl3F2N5O/c32-22-11-8-19(9-12-22)28-18-31(41-40-28,21-6-4-2-1-3-5-7-21)39-30(37-25-16-23(33)15-24(35)17-25)38-29(42)20-10-13-26(34)27(36)14-20/h8-17,21,28,40-41H,1-7,18H2,(H2,37,38,39,42). The normalized spacial score (nSPS) is 21.9. The van der Waals surface area contributed by atoms with Crippen LogP contribution in [0.5, 0.6) is 0 Å². The fourth-order valence-electron chi connectivity index (χ4n) is 5.79. The number of carbonyl (C=O) groups excluding carboxylic acids is 1. The van der Waals surface area contributed by atoms with Crippen LogP contribution in [0.4, 0.5) is 14.5 Å². The number of nitrogens with zero attached hydrogens (tertiary/aromatic N) is 1. The second-order valence-corrected chi connectivity index (χ2v) is 12.2. The van der Waals surface area contributed by atoms with E-state index >= 15 is 0 Å². The fraction of sp³-hybridized carbons (Fsp3) is 0.355. The minimum atomic E-state index is -0.726. The summed E-state index contributed by atoms with van der Waals surface area (Å²) in [6.07, 6.45) is 8.22. The molecule has 0 radical (unpaired) electrons. The highest BCUT2D eigenvalue weighted by Crippen LogP contribution is 2.39. The number of anilines is 1. The molecule has 1 aliphatic heterocycles. The van der Waals surface area contributed by atoms with E-state index in [2.05, 4.69) is 26.5 Å². The molecular formula is C31H32Cl3F2N5O. The Morgan fingerprint density at radius 1 is 0.881 bits per heavy atom. The summed E-state index contributed by atoms with van der Waals surface area (Å²) in [4.78, 5) is 17.6. The van der Waals surface area contributed by atoms with Gasteiger partial charge in [0.1, 0.15) is 17.3 Å². The molecule has 1 amide bonds. The van der Waals surface area contributed by atoms with Gasteiger partial charge < -0.3 is 10.6 Å². The topological polar surface area (TPSA) is 77.5 Å². The van der Waals surface area contributed by atoms with Crippen molar-refractivity contribution in [2.24, 2.45) is 10.9 Å². The number of halogens is 5. The Morgan fingerprint density at radius 2 is 1.60 bits per heavy atom. The van der Waals surface area contributed by atoms with Gasteiger partial charge in [-0.2, -0.15) is 4.99 Å². The average molecular weight is 635 g/mol. The van der Waals surface area contributed by atoms with Gasteiger partial charge in [-0.05, 0) is 72.9 Å². The van der Waals surface area contributed by atoms with E-state index < -0.39 is 23.2 Å². The molecule has 0 spiro atoms. The summed E-state index contributed by atoms with van der Waals surface area (Å²) in [5, 5.41) is 7.30. The van der Waals surface area contributed by atoms with Gasteiger partial charge in [0.2, 0.25) is 5.96 Å². The zero-order chi connectivity index (χ0) is 29.7. The Balaban J connectivity index is 1.52. The lowest BCUT2D eigenvalue weighted by Crippen LogP contribution is -2.63. The molecule has 42 heavy (non-hydrogen) atoms. The quantitative estimate of drug-likeness (QED) is 0.167. The first kappa shape index (κ1) is 30.7. The number of aliphatic imine (C=N–C) groups is 1. The zero-order valence-corrected chi connectivity index (χ0v) is 25.1. The average Bonchev–Trinajstić information content (AvgIpc) is 3.34. The van der Waals surface area contributed by atoms with Crippen LogP contribution < -0.4 is 21.5 Å². The van der Waals surface area contributed by atoms with Crippen molar-refractivity contribution in [2.45, 2.75) is 63.1 Å². The van der Waals surface area contributed by atoms with Crippen molar-refractivity contribution >= 4 is 52.4 Å². The third-order valence-electron chi connectivity index (χ3n) is 7.92. The van der Waals surface area contributed by atoms with Gasteiger partial charge in [-0.25, -0.2) is 19.6 Å². The monoisotopic (exact) mass is 633 g/mol. The molecule has 0 aromatic heterocycles. The van der Waals surface area contributed by atoms with Gasteiger partial charge in [-0.15, -0.1) is 0 Å². The Hall–Kier alpha value is -2.75. The van der Waals surface area contributed by atoms with Crippen LogP contribution in [-0.2, 0) is 0 Å². The van der Waals surface area contributed by atoms with E-state index in [1.807, 2.05) is 24.3 Å². The predicted octanol–water partition coefficient (Wildman–Crippen LogP) is 8.42. The predicted molar refractivity (Wildman–Crippen MR) is 165 cm³/mol. The summed E-state index contributed by atoms with van der Waals surface area (Å²) in [6, 6.07) is 15.4. The van der Waals surface area contributed by atoms with Crippen LogP contribution in [0.2, 0.25) is 15.1 Å². The Bertz CT molecular complexity index is 1430. The molecule has 2 unspecified atom stereocenters. The van der Waals surface area contributed by atoms with Gasteiger partial charge in [0.15, 0.2) is 0 Å². The maximum atomic E-state index is 14.3. The summed E-state index contributed by atoms with van der Waals surface area (Å²) in [5.41, 5.74) is 7.60. The maximum Gasteiger partial charge on any atom is 0.280 e. The molecule has 4 N–H and O–H groups in total. The zero-order valence-electron chi connectivity index (χ0n) is 22.8. The number of hydrazine groups is 1. The molecule has 2 atom stereocenters. The molecule has 1 saturated heterocycles. The minimum Gasteiger partial charge on any atom is -0.336 e. The van der Waals surface area contributed by atoms with E-state index in [0.717, 1.165) is 50.2 Å². The molecule has 1 saturated carbocycles. The second kappa shape index (κ2) is 13.7. The molecule has 3 aromatic rings. The van der Waals surface area contributed by atoms with E-state index in [0.29, 0.717) is 17.1 Å². The van der Waals surface area contributed by atoms with Crippen molar-refractivity contribution in [1.29, 1.82) is 0 Å². The molecule has 3 aromatic carbocycles. The molecule has 6 nitrogen and oxygen atoms in total. The molecule has 1 heterocycles. The molecule has 1 aliphatic carbocycles. The third kappa shape index (κ3) is 7.60. The van der Waals surface area contributed by atoms with Crippen LogP contribution in [-0.4, -0.2) is 17.5 Å². The molecule has 11 heteroatoms. The first-order chi connectivity index (χ1) is 20.2. The molecule has 222 valence electrons. The van der Waals surface area contributed by atoms with Crippen molar-refractivity contribution in [1.82, 2.24) is 16.2 Å². The van der Waals surface area contributed by atoms with Gasteiger partial charge in [0, 0.05) is 33.8 Å². The second-order valence-electron chi connectivity index (χ2n) is 10.9. The van der Waals surface area contributed by atoms with E-state index in [4.69, 9.17) is 34.8 Å². The van der Waals surface area contributed by atoms with Crippen molar-refractivity contribution < 1.29 is 13.6 Å². The number of hydrogen-bond donors (Lipinski definition) is 4. The van der Waals surface area contributed by atoms with Crippen molar-refractivity contribution in [2.75, 3.05) is 5.32 Å². The van der Waals surface area contributed by atoms with Crippen molar-refractivity contribution in [3.8, 4) is 0 Å². The highest BCUT2D eigenvalue weighted by molar-refractivity contribution is 6.31. The van der Waals surface area contributed by atoms with Crippen LogP contribution in [0.1, 0.15) is 73.3 Å². The highest BCUT2D eigenvalue weighted by Gasteiger charge is 2.46. The lowest BCUT2D eigenvalue weighted by molar-refractivity contribution is 0.100. The maximum absolute atomic E-state index is 14.3. The van der Waals surface area contributed by atoms with E-state index in [-0.39, 0.29) is 33.5 Å². The summed E-state index contributed by atoms with van der Waals surface area (Å²) in [6.45, 7) is 0. The number of rotatable bonds is 5. The van der Waals surface area contributed by atoms with Gasteiger partial charge in [-0.3, -0.25) is 4.79 Å². The largest absolute Gasteiger partial charge is 0.336 e. The van der Waals surface area contributed by atoms with Crippen LogP contribution in [0, 0.1) is 17.6 Å². The minimum absolute atomic E-state index is 0.0202. The number of amides is 1. The number of carbonyl (C=O) groups is 1. The van der Waals surface area contributed by atoms with E-state index in [9.17, 15) is 13.6 Å².